The molecule has 0 bridgehead atoms. The second kappa shape index (κ2) is 6.95. The summed E-state index contributed by atoms with van der Waals surface area (Å²) in [6, 6.07) is 21.1. The van der Waals surface area contributed by atoms with Crippen LogP contribution in [0.3, 0.4) is 0 Å². The fourth-order valence-electron chi connectivity index (χ4n) is 2.36. The molecule has 0 fully saturated rings. The second-order valence-electron chi connectivity index (χ2n) is 4.72. The van der Waals surface area contributed by atoms with Crippen molar-refractivity contribution in [3.63, 3.8) is 0 Å². The molecule has 0 aliphatic carbocycles. The first-order valence-electron chi connectivity index (χ1n) is 6.90. The van der Waals surface area contributed by atoms with Crippen LogP contribution in [0, 0.1) is 0 Å². The van der Waals surface area contributed by atoms with Crippen molar-refractivity contribution in [2.45, 2.75) is 12.8 Å². The van der Waals surface area contributed by atoms with Crippen LogP contribution in [0.15, 0.2) is 60.7 Å². The third kappa shape index (κ3) is 3.58. The Hall–Kier alpha value is -1.80. The number of rotatable bonds is 6. The van der Waals surface area contributed by atoms with Crippen LogP contribution in [0.2, 0.25) is 0 Å². The quantitative estimate of drug-likeness (QED) is 0.857. The zero-order chi connectivity index (χ0) is 13.5. The van der Waals surface area contributed by atoms with Gasteiger partial charge in [-0.3, -0.25) is 0 Å². The van der Waals surface area contributed by atoms with Crippen molar-refractivity contribution in [3.8, 4) is 0 Å². The first-order valence-corrected chi connectivity index (χ1v) is 6.90. The Kier molecular flexibility index (Phi) is 4.99. The molecule has 2 heteroatoms. The van der Waals surface area contributed by atoms with Gasteiger partial charge in [0.25, 0.3) is 0 Å². The molecule has 2 nitrogen and oxygen atoms in total. The summed E-state index contributed by atoms with van der Waals surface area (Å²) >= 11 is 0. The SMILES string of the molecule is CCN(CC(CN)c1ccccc1)c1ccccc1. The van der Waals surface area contributed by atoms with Crippen LogP contribution < -0.4 is 10.6 Å². The molecule has 0 heterocycles. The van der Waals surface area contributed by atoms with Crippen LogP contribution in [0.4, 0.5) is 5.69 Å². The minimum atomic E-state index is 0.376. The maximum absolute atomic E-state index is 5.96. The number of benzene rings is 2. The Morgan fingerprint density at radius 1 is 0.947 bits per heavy atom. The summed E-state index contributed by atoms with van der Waals surface area (Å²) in [6.07, 6.45) is 0. The minimum Gasteiger partial charge on any atom is -0.371 e. The first kappa shape index (κ1) is 13.6. The predicted molar refractivity (Wildman–Crippen MR) is 82.6 cm³/mol. The average Bonchev–Trinajstić information content (AvgIpc) is 2.50. The van der Waals surface area contributed by atoms with Gasteiger partial charge in [-0.1, -0.05) is 48.5 Å². The molecule has 100 valence electrons. The van der Waals surface area contributed by atoms with Gasteiger partial charge in [-0.15, -0.1) is 0 Å². The molecule has 0 spiro atoms. The highest BCUT2D eigenvalue weighted by molar-refractivity contribution is 5.46. The zero-order valence-electron chi connectivity index (χ0n) is 11.5. The van der Waals surface area contributed by atoms with Crippen LogP contribution in [0.5, 0.6) is 0 Å². The number of nitrogens with two attached hydrogens (primary N) is 1. The number of nitrogens with zero attached hydrogens (tertiary/aromatic N) is 1. The highest BCUT2D eigenvalue weighted by Gasteiger charge is 2.14. The lowest BCUT2D eigenvalue weighted by molar-refractivity contribution is 0.659. The molecule has 2 aromatic carbocycles. The van der Waals surface area contributed by atoms with Crippen molar-refractivity contribution in [1.82, 2.24) is 0 Å². The molecule has 1 unspecified atom stereocenters. The van der Waals surface area contributed by atoms with Crippen molar-refractivity contribution in [3.05, 3.63) is 66.2 Å². The number of para-hydroxylation sites is 1. The van der Waals surface area contributed by atoms with Gasteiger partial charge in [-0.05, 0) is 24.6 Å². The third-order valence-electron chi connectivity index (χ3n) is 3.50. The molecule has 2 aromatic rings. The van der Waals surface area contributed by atoms with Gasteiger partial charge < -0.3 is 10.6 Å². The van der Waals surface area contributed by atoms with Gasteiger partial charge in [0.2, 0.25) is 0 Å². The summed E-state index contributed by atoms with van der Waals surface area (Å²) in [5, 5.41) is 0. The monoisotopic (exact) mass is 254 g/mol. The van der Waals surface area contributed by atoms with E-state index in [9.17, 15) is 0 Å². The van der Waals surface area contributed by atoms with E-state index in [2.05, 4.69) is 66.4 Å². The van der Waals surface area contributed by atoms with Crippen molar-refractivity contribution in [1.29, 1.82) is 0 Å². The molecule has 0 amide bonds. The molecule has 0 radical (unpaired) electrons. The highest BCUT2D eigenvalue weighted by atomic mass is 15.1. The molecule has 1 atom stereocenters. The van der Waals surface area contributed by atoms with E-state index in [-0.39, 0.29) is 0 Å². The standard InChI is InChI=1S/C17H22N2/c1-2-19(17-11-7-4-8-12-17)14-16(13-18)15-9-5-3-6-10-15/h3-12,16H,2,13-14,18H2,1H3. The normalized spacial score (nSPS) is 12.1. The van der Waals surface area contributed by atoms with E-state index < -0.39 is 0 Å². The Morgan fingerprint density at radius 3 is 2.05 bits per heavy atom. The molecular weight excluding hydrogens is 232 g/mol. The maximum atomic E-state index is 5.96. The van der Waals surface area contributed by atoms with E-state index >= 15 is 0 Å². The lowest BCUT2D eigenvalue weighted by Gasteiger charge is -2.28. The number of anilines is 1. The van der Waals surface area contributed by atoms with Crippen LogP contribution in [0.1, 0.15) is 18.4 Å². The number of likely N-dealkylation sites (N-methyl/N-ethyl adjacent to an activating group) is 1. The largest absolute Gasteiger partial charge is 0.371 e. The van der Waals surface area contributed by atoms with Crippen LogP contribution in [-0.4, -0.2) is 19.6 Å². The van der Waals surface area contributed by atoms with Crippen molar-refractivity contribution in [2.75, 3.05) is 24.5 Å². The van der Waals surface area contributed by atoms with E-state index in [1.165, 1.54) is 11.3 Å². The van der Waals surface area contributed by atoms with Gasteiger partial charge in [0.05, 0.1) is 0 Å². The first-order chi connectivity index (χ1) is 9.35. The molecule has 0 saturated carbocycles. The molecule has 2 rings (SSSR count). The maximum Gasteiger partial charge on any atom is 0.0366 e. The lowest BCUT2D eigenvalue weighted by atomic mass is 9.98. The number of hydrogen-bond acceptors (Lipinski definition) is 2. The van der Waals surface area contributed by atoms with E-state index in [0.29, 0.717) is 12.5 Å². The summed E-state index contributed by atoms with van der Waals surface area (Å²) in [6.45, 7) is 4.81. The molecule has 0 saturated heterocycles. The fraction of sp³-hybridized carbons (Fsp3) is 0.294. The van der Waals surface area contributed by atoms with E-state index in [1.807, 2.05) is 6.07 Å². The molecular formula is C17H22N2. The van der Waals surface area contributed by atoms with Gasteiger partial charge in [-0.25, -0.2) is 0 Å². The Morgan fingerprint density at radius 2 is 1.53 bits per heavy atom. The van der Waals surface area contributed by atoms with Gasteiger partial charge >= 0.3 is 0 Å². The van der Waals surface area contributed by atoms with Crippen LogP contribution in [-0.2, 0) is 0 Å². The van der Waals surface area contributed by atoms with Crippen LogP contribution >= 0.6 is 0 Å². The average molecular weight is 254 g/mol. The van der Waals surface area contributed by atoms with Gasteiger partial charge in [0.1, 0.15) is 0 Å². The van der Waals surface area contributed by atoms with Crippen molar-refractivity contribution >= 4 is 5.69 Å². The molecule has 19 heavy (non-hydrogen) atoms. The Balaban J connectivity index is 2.13. The van der Waals surface area contributed by atoms with E-state index in [4.69, 9.17) is 5.73 Å². The Bertz CT molecular complexity index is 422. The van der Waals surface area contributed by atoms with Crippen molar-refractivity contribution < 1.29 is 0 Å². The summed E-state index contributed by atoms with van der Waals surface area (Å²) in [5.41, 5.74) is 8.54. The Labute approximate surface area is 115 Å². The smallest absolute Gasteiger partial charge is 0.0366 e. The summed E-state index contributed by atoms with van der Waals surface area (Å²) in [7, 11) is 0. The second-order valence-corrected chi connectivity index (χ2v) is 4.72. The zero-order valence-corrected chi connectivity index (χ0v) is 11.5. The molecule has 2 N–H and O–H groups in total. The highest BCUT2D eigenvalue weighted by Crippen LogP contribution is 2.20. The van der Waals surface area contributed by atoms with Gasteiger partial charge in [0, 0.05) is 31.2 Å². The van der Waals surface area contributed by atoms with Gasteiger partial charge in [0.15, 0.2) is 0 Å². The number of hydrogen-bond donors (Lipinski definition) is 1. The van der Waals surface area contributed by atoms with Crippen LogP contribution in [0.25, 0.3) is 0 Å². The van der Waals surface area contributed by atoms with Gasteiger partial charge in [-0.2, -0.15) is 0 Å². The summed E-state index contributed by atoms with van der Waals surface area (Å²) in [5.74, 6) is 0.376. The fourth-order valence-corrected chi connectivity index (χ4v) is 2.36. The molecule has 0 aliphatic rings. The summed E-state index contributed by atoms with van der Waals surface area (Å²) in [4.78, 5) is 2.38. The summed E-state index contributed by atoms with van der Waals surface area (Å²) < 4.78 is 0. The van der Waals surface area contributed by atoms with E-state index in [1.54, 1.807) is 0 Å². The van der Waals surface area contributed by atoms with Crippen molar-refractivity contribution in [2.24, 2.45) is 5.73 Å². The molecule has 0 aliphatic heterocycles. The minimum absolute atomic E-state index is 0.376. The lowest BCUT2D eigenvalue weighted by Crippen LogP contribution is -2.31. The molecule has 0 aromatic heterocycles. The van der Waals surface area contributed by atoms with E-state index in [0.717, 1.165) is 13.1 Å². The third-order valence-corrected chi connectivity index (χ3v) is 3.50. The predicted octanol–water partition coefficient (Wildman–Crippen LogP) is 3.26. The topological polar surface area (TPSA) is 29.3 Å².